The zero-order valence-electron chi connectivity index (χ0n) is 16.2. The van der Waals surface area contributed by atoms with Crippen molar-refractivity contribution in [3.05, 3.63) is 84.1 Å². The third-order valence-corrected chi connectivity index (χ3v) is 6.47. The highest BCUT2D eigenvalue weighted by atomic mass is 32.2. The number of rotatable bonds is 7. The summed E-state index contributed by atoms with van der Waals surface area (Å²) < 4.78 is 31.5. The lowest BCUT2D eigenvalue weighted by Gasteiger charge is -2.16. The lowest BCUT2D eigenvalue weighted by molar-refractivity contribution is -0.139. The molecule has 0 aliphatic carbocycles. The molecule has 1 atom stereocenters. The van der Waals surface area contributed by atoms with Gasteiger partial charge in [0.15, 0.2) is 9.84 Å². The largest absolute Gasteiger partial charge is 0.468 e. The molecular weight excluding hydrogens is 406 g/mol. The van der Waals surface area contributed by atoms with E-state index in [1.54, 1.807) is 42.6 Å². The van der Waals surface area contributed by atoms with Gasteiger partial charge in [-0.1, -0.05) is 23.8 Å². The Kier molecular flexibility index (Phi) is 6.63. The molecule has 3 rings (SSSR count). The molecule has 0 unspecified atom stereocenters. The number of nitrogens with one attached hydrogen (secondary N) is 2. The minimum absolute atomic E-state index is 0.0797. The topological polar surface area (TPSA) is 118 Å². The number of nitrogens with zero attached hydrogens (tertiary/aromatic N) is 1. The Hall–Kier alpha value is -3.46. The Morgan fingerprint density at radius 2 is 1.73 bits per heavy atom. The molecule has 2 N–H and O–H groups in total. The van der Waals surface area contributed by atoms with Gasteiger partial charge in [-0.2, -0.15) is 0 Å². The molecule has 1 aromatic carbocycles. The van der Waals surface area contributed by atoms with Crippen molar-refractivity contribution in [2.24, 2.45) is 0 Å². The van der Waals surface area contributed by atoms with Gasteiger partial charge in [-0.3, -0.25) is 14.6 Å². The molecule has 0 spiro atoms. The molecule has 9 heteroatoms. The van der Waals surface area contributed by atoms with Crippen molar-refractivity contribution in [1.82, 2.24) is 15.6 Å². The Labute approximate surface area is 174 Å². The van der Waals surface area contributed by atoms with E-state index in [4.69, 9.17) is 4.42 Å². The first-order chi connectivity index (χ1) is 14.4. The normalized spacial score (nSPS) is 12.2. The first-order valence-corrected chi connectivity index (χ1v) is 10.7. The van der Waals surface area contributed by atoms with Crippen LogP contribution >= 0.6 is 0 Å². The van der Waals surface area contributed by atoms with Gasteiger partial charge in [0, 0.05) is 12.7 Å². The lowest BCUT2D eigenvalue weighted by Crippen LogP contribution is -2.42. The smallest absolute Gasteiger partial charge is 0.309 e. The Morgan fingerprint density at radius 3 is 2.37 bits per heavy atom. The summed E-state index contributed by atoms with van der Waals surface area (Å²) in [5.41, 5.74) is 1.51. The number of hydrogen-bond acceptors (Lipinski definition) is 6. The number of furan rings is 1. The quantitative estimate of drug-likeness (QED) is 0.556. The molecule has 0 bridgehead atoms. The second kappa shape index (κ2) is 9.36. The number of aryl methyl sites for hydroxylation is 1. The Bertz CT molecular complexity index is 1100. The first kappa shape index (κ1) is 21.3. The number of sulfone groups is 1. The molecule has 0 radical (unpaired) electrons. The number of carbonyl (C=O) groups excluding carboxylic acids is 2. The lowest BCUT2D eigenvalue weighted by atomic mass is 10.2. The molecule has 0 saturated heterocycles. The summed E-state index contributed by atoms with van der Waals surface area (Å²) in [4.78, 5) is 28.4. The fourth-order valence-electron chi connectivity index (χ4n) is 2.75. The fourth-order valence-corrected chi connectivity index (χ4v) is 4.34. The SMILES string of the molecule is Cc1ccc(S(=O)(=O)[C@@H](CNC(=O)C(=O)NCc2ccccn2)c2ccco2)cc1. The van der Waals surface area contributed by atoms with Crippen molar-refractivity contribution >= 4 is 21.7 Å². The van der Waals surface area contributed by atoms with Crippen LogP contribution < -0.4 is 10.6 Å². The van der Waals surface area contributed by atoms with Gasteiger partial charge in [-0.05, 0) is 43.3 Å². The van der Waals surface area contributed by atoms with Crippen LogP contribution in [0.15, 0.2) is 76.4 Å². The van der Waals surface area contributed by atoms with E-state index >= 15 is 0 Å². The van der Waals surface area contributed by atoms with Gasteiger partial charge in [0.1, 0.15) is 11.0 Å². The van der Waals surface area contributed by atoms with Crippen LogP contribution in [-0.2, 0) is 26.0 Å². The van der Waals surface area contributed by atoms with Crippen molar-refractivity contribution < 1.29 is 22.4 Å². The molecule has 3 aromatic rings. The number of carbonyl (C=O) groups is 2. The van der Waals surface area contributed by atoms with Crippen LogP contribution in [0.5, 0.6) is 0 Å². The van der Waals surface area contributed by atoms with Gasteiger partial charge in [-0.15, -0.1) is 0 Å². The van der Waals surface area contributed by atoms with Gasteiger partial charge in [0.05, 0.1) is 23.4 Å². The van der Waals surface area contributed by atoms with Gasteiger partial charge < -0.3 is 15.1 Å². The molecule has 2 aromatic heterocycles. The summed E-state index contributed by atoms with van der Waals surface area (Å²) >= 11 is 0. The van der Waals surface area contributed by atoms with Gasteiger partial charge in [-0.25, -0.2) is 8.42 Å². The van der Waals surface area contributed by atoms with E-state index in [1.165, 1.54) is 24.5 Å². The van der Waals surface area contributed by atoms with Gasteiger partial charge >= 0.3 is 11.8 Å². The maximum Gasteiger partial charge on any atom is 0.309 e. The van der Waals surface area contributed by atoms with E-state index in [-0.39, 0.29) is 23.7 Å². The Morgan fingerprint density at radius 1 is 1.00 bits per heavy atom. The van der Waals surface area contributed by atoms with E-state index in [2.05, 4.69) is 15.6 Å². The molecule has 2 amide bonds. The van der Waals surface area contributed by atoms with Crippen molar-refractivity contribution in [3.8, 4) is 0 Å². The van der Waals surface area contributed by atoms with Crippen LogP contribution in [0.4, 0.5) is 0 Å². The number of hydrogen-bond donors (Lipinski definition) is 2. The van der Waals surface area contributed by atoms with Gasteiger partial charge in [0.25, 0.3) is 0 Å². The van der Waals surface area contributed by atoms with Crippen LogP contribution in [0.1, 0.15) is 22.3 Å². The van der Waals surface area contributed by atoms with Crippen LogP contribution in [-0.4, -0.2) is 31.8 Å². The first-order valence-electron chi connectivity index (χ1n) is 9.18. The molecule has 0 aliphatic heterocycles. The van der Waals surface area contributed by atoms with Crippen LogP contribution in [0, 0.1) is 6.92 Å². The maximum atomic E-state index is 13.1. The summed E-state index contributed by atoms with van der Waals surface area (Å²) in [5, 5.41) is 3.65. The van der Waals surface area contributed by atoms with Crippen LogP contribution in [0.3, 0.4) is 0 Å². The predicted molar refractivity (Wildman–Crippen MR) is 109 cm³/mol. The van der Waals surface area contributed by atoms with Crippen molar-refractivity contribution in [1.29, 1.82) is 0 Å². The Balaban J connectivity index is 1.69. The zero-order valence-corrected chi connectivity index (χ0v) is 17.1. The van der Waals surface area contributed by atoms with E-state index < -0.39 is 26.9 Å². The highest BCUT2D eigenvalue weighted by Crippen LogP contribution is 2.29. The van der Waals surface area contributed by atoms with E-state index in [9.17, 15) is 18.0 Å². The molecule has 8 nitrogen and oxygen atoms in total. The minimum atomic E-state index is -3.87. The van der Waals surface area contributed by atoms with Crippen LogP contribution in [0.2, 0.25) is 0 Å². The second-order valence-electron chi connectivity index (χ2n) is 6.58. The standard InChI is InChI=1S/C21H21N3O5S/c1-15-7-9-17(10-8-15)30(27,28)19(18-6-4-12-29-18)14-24-21(26)20(25)23-13-16-5-2-3-11-22-16/h2-12,19H,13-14H2,1H3,(H,23,25)(H,24,26)/t19-/m0/s1. The number of pyridine rings is 1. The monoisotopic (exact) mass is 427 g/mol. The molecule has 30 heavy (non-hydrogen) atoms. The zero-order chi connectivity index (χ0) is 21.6. The highest BCUT2D eigenvalue weighted by molar-refractivity contribution is 7.91. The average Bonchev–Trinajstić information content (AvgIpc) is 3.27. The molecule has 0 aliphatic rings. The second-order valence-corrected chi connectivity index (χ2v) is 8.71. The van der Waals surface area contributed by atoms with E-state index in [1.807, 2.05) is 6.92 Å². The third kappa shape index (κ3) is 5.12. The number of aromatic nitrogens is 1. The van der Waals surface area contributed by atoms with Crippen molar-refractivity contribution in [2.45, 2.75) is 23.6 Å². The number of benzene rings is 1. The summed E-state index contributed by atoms with van der Waals surface area (Å²) in [6.07, 6.45) is 2.93. The fraction of sp³-hybridized carbons (Fsp3) is 0.190. The average molecular weight is 427 g/mol. The third-order valence-electron chi connectivity index (χ3n) is 4.40. The van der Waals surface area contributed by atoms with E-state index in [0.717, 1.165) is 5.56 Å². The summed E-state index contributed by atoms with van der Waals surface area (Å²) in [6.45, 7) is 1.61. The number of amides is 2. The summed E-state index contributed by atoms with van der Waals surface area (Å²) in [6, 6.07) is 14.7. The van der Waals surface area contributed by atoms with Crippen molar-refractivity contribution in [3.63, 3.8) is 0 Å². The highest BCUT2D eigenvalue weighted by Gasteiger charge is 2.32. The van der Waals surface area contributed by atoms with Crippen LogP contribution in [0.25, 0.3) is 0 Å². The summed E-state index contributed by atoms with van der Waals surface area (Å²) in [5.74, 6) is -1.65. The molecule has 2 heterocycles. The van der Waals surface area contributed by atoms with Crippen molar-refractivity contribution in [2.75, 3.05) is 6.54 Å². The minimum Gasteiger partial charge on any atom is -0.468 e. The van der Waals surface area contributed by atoms with E-state index in [0.29, 0.717) is 5.69 Å². The van der Waals surface area contributed by atoms with Gasteiger partial charge in [0.2, 0.25) is 0 Å². The maximum absolute atomic E-state index is 13.1. The summed E-state index contributed by atoms with van der Waals surface area (Å²) in [7, 11) is -3.87. The molecule has 156 valence electrons. The predicted octanol–water partition coefficient (Wildman–Crippen LogP) is 1.93. The molecule has 0 saturated carbocycles. The molecular formula is C21H21N3O5S. The molecule has 0 fully saturated rings.